The highest BCUT2D eigenvalue weighted by molar-refractivity contribution is 5.88. The van der Waals surface area contributed by atoms with Gasteiger partial charge in [-0.2, -0.15) is 0 Å². The van der Waals surface area contributed by atoms with Gasteiger partial charge in [-0.25, -0.2) is 4.98 Å². The number of anilines is 1. The Morgan fingerprint density at radius 3 is 2.58 bits per heavy atom. The molecule has 7 nitrogen and oxygen atoms in total. The number of carbonyl (C=O) groups is 1. The number of aromatic nitrogens is 2. The van der Waals surface area contributed by atoms with E-state index in [1.165, 1.54) is 18.5 Å². The first-order valence-corrected chi connectivity index (χ1v) is 12.2. The lowest BCUT2D eigenvalue weighted by molar-refractivity contribution is -0.119. The lowest BCUT2D eigenvalue weighted by Gasteiger charge is -2.29. The molecule has 0 spiro atoms. The van der Waals surface area contributed by atoms with Crippen molar-refractivity contribution in [3.8, 4) is 16.9 Å². The molecule has 3 heterocycles. The Hall–Kier alpha value is -3.06. The Balaban J connectivity index is 1.33. The number of fused-ring (bicyclic) bond motifs is 1. The van der Waals surface area contributed by atoms with E-state index >= 15 is 0 Å². The first kappa shape index (κ1) is 20.5. The van der Waals surface area contributed by atoms with E-state index in [0.717, 1.165) is 54.1 Å². The van der Waals surface area contributed by atoms with Gasteiger partial charge in [0.2, 0.25) is 5.91 Å². The molecule has 3 aromatic rings. The van der Waals surface area contributed by atoms with Crippen molar-refractivity contribution in [3.63, 3.8) is 0 Å². The molecular formula is C26H31N5O2. The standard InChI is InChI=1S/C26H31N5O2/c1-17(20-14-25(32)28-15-20)33-24-13-19(12-23-26(24)31(16-29-23)22-6-7-22)18-2-4-21(5-3-18)30-10-8-27-9-11-30/h2-5,12-13,16-17,20,22,27H,6-11,14-15H2,1H3,(H,28,32)/t17-,20?/m1/s1. The minimum atomic E-state index is -0.0555. The number of carbonyl (C=O) groups excluding carboxylic acids is 1. The van der Waals surface area contributed by atoms with Crippen LogP contribution in [0.25, 0.3) is 22.2 Å². The lowest BCUT2D eigenvalue weighted by Crippen LogP contribution is -2.43. The van der Waals surface area contributed by atoms with Crippen molar-refractivity contribution >= 4 is 22.6 Å². The average molecular weight is 446 g/mol. The molecule has 0 radical (unpaired) electrons. The summed E-state index contributed by atoms with van der Waals surface area (Å²) in [4.78, 5) is 18.9. The summed E-state index contributed by atoms with van der Waals surface area (Å²) in [5.41, 5.74) is 5.57. The average Bonchev–Trinajstić information content (AvgIpc) is 3.45. The van der Waals surface area contributed by atoms with E-state index in [0.29, 0.717) is 19.0 Å². The van der Waals surface area contributed by atoms with Gasteiger partial charge in [0.1, 0.15) is 17.4 Å². The Kier molecular flexibility index (Phi) is 5.21. The Labute approximate surface area is 194 Å². The molecule has 2 N–H and O–H groups in total. The van der Waals surface area contributed by atoms with Crippen LogP contribution in [0.2, 0.25) is 0 Å². The van der Waals surface area contributed by atoms with E-state index in [1.807, 2.05) is 6.33 Å². The van der Waals surface area contributed by atoms with Crippen molar-refractivity contribution in [2.24, 2.45) is 5.92 Å². The van der Waals surface area contributed by atoms with E-state index in [1.54, 1.807) is 0 Å². The maximum Gasteiger partial charge on any atom is 0.220 e. The molecule has 6 rings (SSSR count). The summed E-state index contributed by atoms with van der Waals surface area (Å²) in [6.45, 7) is 6.89. The zero-order chi connectivity index (χ0) is 22.4. The number of nitrogens with one attached hydrogen (secondary N) is 2. The summed E-state index contributed by atoms with van der Waals surface area (Å²) < 4.78 is 8.82. The largest absolute Gasteiger partial charge is 0.488 e. The summed E-state index contributed by atoms with van der Waals surface area (Å²) in [6.07, 6.45) is 4.81. The van der Waals surface area contributed by atoms with Crippen molar-refractivity contribution in [1.29, 1.82) is 0 Å². The van der Waals surface area contributed by atoms with Crippen LogP contribution in [0.15, 0.2) is 42.7 Å². The number of hydrogen-bond acceptors (Lipinski definition) is 5. The molecule has 1 unspecified atom stereocenters. The summed E-state index contributed by atoms with van der Waals surface area (Å²) in [5.74, 6) is 1.17. The Bertz CT molecular complexity index is 1160. The van der Waals surface area contributed by atoms with Crippen LogP contribution in [0.4, 0.5) is 5.69 Å². The quantitative estimate of drug-likeness (QED) is 0.609. The Morgan fingerprint density at radius 2 is 1.88 bits per heavy atom. The molecule has 33 heavy (non-hydrogen) atoms. The van der Waals surface area contributed by atoms with Crippen molar-refractivity contribution < 1.29 is 9.53 Å². The summed E-state index contributed by atoms with van der Waals surface area (Å²) in [7, 11) is 0. The van der Waals surface area contributed by atoms with Gasteiger partial charge in [0.25, 0.3) is 0 Å². The van der Waals surface area contributed by atoms with Crippen LogP contribution in [0, 0.1) is 5.92 Å². The predicted octanol–water partition coefficient (Wildman–Crippen LogP) is 3.35. The fraction of sp³-hybridized carbons (Fsp3) is 0.462. The van der Waals surface area contributed by atoms with Crippen LogP contribution in [-0.2, 0) is 4.79 Å². The predicted molar refractivity (Wildman–Crippen MR) is 130 cm³/mol. The first-order valence-electron chi connectivity index (χ1n) is 12.2. The van der Waals surface area contributed by atoms with Gasteiger partial charge < -0.3 is 24.8 Å². The molecule has 1 aromatic heterocycles. The maximum absolute atomic E-state index is 11.7. The van der Waals surface area contributed by atoms with Gasteiger partial charge in [-0.3, -0.25) is 4.79 Å². The molecule has 2 saturated heterocycles. The van der Waals surface area contributed by atoms with Crippen LogP contribution in [0.1, 0.15) is 32.2 Å². The molecule has 1 saturated carbocycles. The minimum Gasteiger partial charge on any atom is -0.488 e. The topological polar surface area (TPSA) is 71.4 Å². The molecule has 1 amide bonds. The SMILES string of the molecule is C[C@@H](Oc1cc(-c2ccc(N3CCNCC3)cc2)cc2ncn(C3CC3)c12)C1CNC(=O)C1. The second-order valence-corrected chi connectivity index (χ2v) is 9.60. The van der Waals surface area contributed by atoms with Crippen molar-refractivity contribution in [1.82, 2.24) is 20.2 Å². The number of ether oxygens (including phenoxy) is 1. The van der Waals surface area contributed by atoms with Gasteiger partial charge in [-0.05, 0) is 55.2 Å². The van der Waals surface area contributed by atoms with Crippen LogP contribution >= 0.6 is 0 Å². The van der Waals surface area contributed by atoms with E-state index in [9.17, 15) is 4.79 Å². The fourth-order valence-corrected chi connectivity index (χ4v) is 5.06. The third kappa shape index (κ3) is 4.06. The smallest absolute Gasteiger partial charge is 0.220 e. The van der Waals surface area contributed by atoms with Crippen LogP contribution in [-0.4, -0.2) is 54.3 Å². The molecule has 3 aliphatic rings. The first-order chi connectivity index (χ1) is 16.2. The molecule has 2 aliphatic heterocycles. The number of imidazole rings is 1. The van der Waals surface area contributed by atoms with E-state index in [2.05, 4.69) is 63.4 Å². The van der Waals surface area contributed by atoms with E-state index in [4.69, 9.17) is 9.72 Å². The van der Waals surface area contributed by atoms with Gasteiger partial charge in [-0.1, -0.05) is 12.1 Å². The Morgan fingerprint density at radius 1 is 1.09 bits per heavy atom. The van der Waals surface area contributed by atoms with Gasteiger partial charge in [0.05, 0.1) is 11.8 Å². The third-order valence-electron chi connectivity index (χ3n) is 7.24. The summed E-state index contributed by atoms with van der Waals surface area (Å²) in [5, 5.41) is 6.34. The third-order valence-corrected chi connectivity index (χ3v) is 7.24. The van der Waals surface area contributed by atoms with Gasteiger partial charge in [0, 0.05) is 56.8 Å². The molecule has 2 atom stereocenters. The molecule has 3 fully saturated rings. The highest BCUT2D eigenvalue weighted by Crippen LogP contribution is 2.41. The van der Waals surface area contributed by atoms with E-state index < -0.39 is 0 Å². The molecule has 2 aromatic carbocycles. The number of nitrogens with zero attached hydrogens (tertiary/aromatic N) is 3. The molecule has 1 aliphatic carbocycles. The van der Waals surface area contributed by atoms with E-state index in [-0.39, 0.29) is 17.9 Å². The van der Waals surface area contributed by atoms with Crippen molar-refractivity contribution in [2.45, 2.75) is 38.3 Å². The summed E-state index contributed by atoms with van der Waals surface area (Å²) in [6, 6.07) is 13.7. The minimum absolute atomic E-state index is 0.0555. The fourth-order valence-electron chi connectivity index (χ4n) is 5.06. The normalized spacial score (nSPS) is 21.9. The molecular weight excluding hydrogens is 414 g/mol. The van der Waals surface area contributed by atoms with Gasteiger partial charge in [-0.15, -0.1) is 0 Å². The van der Waals surface area contributed by atoms with Crippen LogP contribution < -0.4 is 20.3 Å². The van der Waals surface area contributed by atoms with Crippen LogP contribution in [0.3, 0.4) is 0 Å². The van der Waals surface area contributed by atoms with Crippen molar-refractivity contribution in [3.05, 3.63) is 42.7 Å². The van der Waals surface area contributed by atoms with Gasteiger partial charge in [0.15, 0.2) is 0 Å². The second-order valence-electron chi connectivity index (χ2n) is 9.60. The van der Waals surface area contributed by atoms with Gasteiger partial charge >= 0.3 is 0 Å². The summed E-state index contributed by atoms with van der Waals surface area (Å²) >= 11 is 0. The number of piperazine rings is 1. The van der Waals surface area contributed by atoms with Crippen molar-refractivity contribution in [2.75, 3.05) is 37.6 Å². The number of amides is 1. The van der Waals surface area contributed by atoms with Crippen LogP contribution in [0.5, 0.6) is 5.75 Å². The number of hydrogen-bond donors (Lipinski definition) is 2. The highest BCUT2D eigenvalue weighted by Gasteiger charge is 2.30. The monoisotopic (exact) mass is 445 g/mol. The number of rotatable bonds is 6. The zero-order valence-corrected chi connectivity index (χ0v) is 19.1. The zero-order valence-electron chi connectivity index (χ0n) is 19.1. The molecule has 7 heteroatoms. The maximum atomic E-state index is 11.7. The molecule has 172 valence electrons. The number of benzene rings is 2. The highest BCUT2D eigenvalue weighted by atomic mass is 16.5. The molecule has 0 bridgehead atoms. The lowest BCUT2D eigenvalue weighted by atomic mass is 10.0. The second kappa shape index (κ2) is 8.37.